The van der Waals surface area contributed by atoms with Crippen LogP contribution in [0.4, 0.5) is 0 Å². The molecule has 1 aromatic rings. The van der Waals surface area contributed by atoms with Crippen molar-refractivity contribution in [1.29, 1.82) is 0 Å². The summed E-state index contributed by atoms with van der Waals surface area (Å²) in [4.78, 5) is 4.81. The molecular weight excluding hydrogens is 250 g/mol. The fourth-order valence-corrected chi connectivity index (χ4v) is 2.48. The summed E-state index contributed by atoms with van der Waals surface area (Å²) in [5.41, 5.74) is 7.50. The number of hydrogen-bond donors (Lipinski definition) is 1. The first-order valence-electron chi connectivity index (χ1n) is 7.47. The lowest BCUT2D eigenvalue weighted by Crippen LogP contribution is -2.46. The van der Waals surface area contributed by atoms with Gasteiger partial charge in [0.25, 0.3) is 0 Å². The lowest BCUT2D eigenvalue weighted by Gasteiger charge is -2.33. The molecule has 20 heavy (non-hydrogen) atoms. The molecule has 1 unspecified atom stereocenters. The van der Waals surface area contributed by atoms with Gasteiger partial charge in [-0.25, -0.2) is 0 Å². The highest BCUT2D eigenvalue weighted by Gasteiger charge is 2.17. The zero-order valence-corrected chi connectivity index (χ0v) is 12.9. The van der Waals surface area contributed by atoms with Crippen LogP contribution in [-0.2, 0) is 0 Å². The molecule has 0 aromatic heterocycles. The third-order valence-corrected chi connectivity index (χ3v) is 3.73. The van der Waals surface area contributed by atoms with Crippen LogP contribution in [0.15, 0.2) is 24.3 Å². The highest BCUT2D eigenvalue weighted by Crippen LogP contribution is 2.18. The predicted molar refractivity (Wildman–Crippen MR) is 83.1 cm³/mol. The summed E-state index contributed by atoms with van der Waals surface area (Å²) in [5.74, 6) is 0.913. The Balaban J connectivity index is 1.87. The van der Waals surface area contributed by atoms with E-state index >= 15 is 0 Å². The van der Waals surface area contributed by atoms with Gasteiger partial charge in [-0.3, -0.25) is 4.90 Å². The van der Waals surface area contributed by atoms with Crippen molar-refractivity contribution < 1.29 is 4.74 Å². The first kappa shape index (κ1) is 15.3. The molecule has 1 aliphatic rings. The van der Waals surface area contributed by atoms with Crippen LogP contribution in [0.3, 0.4) is 0 Å². The molecule has 1 fully saturated rings. The van der Waals surface area contributed by atoms with E-state index in [1.54, 1.807) is 0 Å². The summed E-state index contributed by atoms with van der Waals surface area (Å²) < 4.78 is 5.65. The second-order valence-electron chi connectivity index (χ2n) is 5.95. The van der Waals surface area contributed by atoms with Crippen molar-refractivity contribution in [1.82, 2.24) is 9.80 Å². The maximum atomic E-state index is 6.32. The largest absolute Gasteiger partial charge is 0.491 e. The molecule has 4 nitrogen and oxygen atoms in total. The maximum Gasteiger partial charge on any atom is 0.119 e. The molecule has 0 spiro atoms. The summed E-state index contributed by atoms with van der Waals surface area (Å²) in [6.07, 6.45) is 0.208. The Morgan fingerprint density at radius 2 is 1.70 bits per heavy atom. The Morgan fingerprint density at radius 3 is 2.25 bits per heavy atom. The molecule has 0 amide bonds. The smallest absolute Gasteiger partial charge is 0.119 e. The third kappa shape index (κ3) is 4.47. The van der Waals surface area contributed by atoms with Gasteiger partial charge in [-0.05, 0) is 38.6 Å². The van der Waals surface area contributed by atoms with Crippen molar-refractivity contribution >= 4 is 0 Å². The van der Waals surface area contributed by atoms with Crippen molar-refractivity contribution in [2.45, 2.75) is 26.0 Å². The maximum absolute atomic E-state index is 6.32. The van der Waals surface area contributed by atoms with Crippen LogP contribution in [0.5, 0.6) is 5.75 Å². The molecule has 0 saturated carbocycles. The minimum absolute atomic E-state index is 0.0755. The van der Waals surface area contributed by atoms with Crippen molar-refractivity contribution in [3.8, 4) is 5.75 Å². The van der Waals surface area contributed by atoms with Crippen molar-refractivity contribution in [3.63, 3.8) is 0 Å². The number of ether oxygens (including phenoxy) is 1. The number of nitrogens with two attached hydrogens (primary N) is 1. The van der Waals surface area contributed by atoms with Crippen LogP contribution in [0, 0.1) is 0 Å². The van der Waals surface area contributed by atoms with Crippen LogP contribution in [0.1, 0.15) is 25.5 Å². The monoisotopic (exact) mass is 277 g/mol. The van der Waals surface area contributed by atoms with E-state index in [9.17, 15) is 0 Å². The normalized spacial score (nSPS) is 19.2. The predicted octanol–water partition coefficient (Wildman–Crippen LogP) is 1.72. The molecule has 1 saturated heterocycles. The lowest BCUT2D eigenvalue weighted by molar-refractivity contribution is 0.147. The summed E-state index contributed by atoms with van der Waals surface area (Å²) in [7, 11) is 2.17. The van der Waals surface area contributed by atoms with Crippen molar-refractivity contribution in [2.24, 2.45) is 5.73 Å². The Kier molecular flexibility index (Phi) is 5.40. The Labute approximate surface area is 122 Å². The van der Waals surface area contributed by atoms with Gasteiger partial charge in [0, 0.05) is 38.8 Å². The van der Waals surface area contributed by atoms with Crippen LogP contribution >= 0.6 is 0 Å². The van der Waals surface area contributed by atoms with E-state index < -0.39 is 0 Å². The standard InChI is InChI=1S/C16H27N3O/c1-13(2)20-15-6-4-14(5-7-15)16(17)12-19-10-8-18(3)9-11-19/h4-7,13,16H,8-12,17H2,1-3H3. The van der Waals surface area contributed by atoms with Gasteiger partial charge in [-0.15, -0.1) is 0 Å². The molecule has 2 rings (SSSR count). The van der Waals surface area contributed by atoms with E-state index in [0.29, 0.717) is 0 Å². The van der Waals surface area contributed by atoms with Crippen LogP contribution < -0.4 is 10.5 Å². The number of hydrogen-bond acceptors (Lipinski definition) is 4. The fourth-order valence-electron chi connectivity index (χ4n) is 2.48. The SMILES string of the molecule is CC(C)Oc1ccc(C(N)CN2CCN(C)CC2)cc1. The zero-order chi connectivity index (χ0) is 14.5. The second-order valence-corrected chi connectivity index (χ2v) is 5.95. The molecule has 2 N–H and O–H groups in total. The van der Waals surface area contributed by atoms with E-state index in [4.69, 9.17) is 10.5 Å². The minimum Gasteiger partial charge on any atom is -0.491 e. The Hall–Kier alpha value is -1.10. The summed E-state index contributed by atoms with van der Waals surface area (Å²) in [5, 5.41) is 0. The van der Waals surface area contributed by atoms with Gasteiger partial charge in [-0.2, -0.15) is 0 Å². The quantitative estimate of drug-likeness (QED) is 0.890. The van der Waals surface area contributed by atoms with E-state index in [1.165, 1.54) is 5.56 Å². The van der Waals surface area contributed by atoms with Crippen molar-refractivity contribution in [3.05, 3.63) is 29.8 Å². The van der Waals surface area contributed by atoms with E-state index in [-0.39, 0.29) is 12.1 Å². The molecule has 1 aliphatic heterocycles. The van der Waals surface area contributed by atoms with Gasteiger partial charge in [0.1, 0.15) is 5.75 Å². The van der Waals surface area contributed by atoms with Gasteiger partial charge < -0.3 is 15.4 Å². The Bertz CT molecular complexity index is 397. The Morgan fingerprint density at radius 1 is 1.10 bits per heavy atom. The molecular formula is C16H27N3O. The van der Waals surface area contributed by atoms with Crippen LogP contribution in [0.25, 0.3) is 0 Å². The molecule has 0 radical (unpaired) electrons. The average molecular weight is 277 g/mol. The van der Waals surface area contributed by atoms with Gasteiger partial charge in [0.2, 0.25) is 0 Å². The summed E-state index contributed by atoms with van der Waals surface area (Å²) >= 11 is 0. The zero-order valence-electron chi connectivity index (χ0n) is 12.9. The first-order valence-corrected chi connectivity index (χ1v) is 7.47. The number of piperazine rings is 1. The molecule has 0 bridgehead atoms. The first-order chi connectivity index (χ1) is 9.54. The molecule has 4 heteroatoms. The number of benzene rings is 1. The lowest BCUT2D eigenvalue weighted by atomic mass is 10.1. The highest BCUT2D eigenvalue weighted by atomic mass is 16.5. The van der Waals surface area contributed by atoms with Gasteiger partial charge >= 0.3 is 0 Å². The molecule has 0 aliphatic carbocycles. The fraction of sp³-hybridized carbons (Fsp3) is 0.625. The van der Waals surface area contributed by atoms with E-state index in [0.717, 1.165) is 38.5 Å². The average Bonchev–Trinajstić information content (AvgIpc) is 2.41. The summed E-state index contributed by atoms with van der Waals surface area (Å²) in [6.45, 7) is 9.48. The van der Waals surface area contributed by atoms with Gasteiger partial charge in [0.05, 0.1) is 6.10 Å². The molecule has 1 aromatic carbocycles. The minimum atomic E-state index is 0.0755. The number of nitrogens with zero attached hydrogens (tertiary/aromatic N) is 2. The van der Waals surface area contributed by atoms with Crippen LogP contribution in [0.2, 0.25) is 0 Å². The highest BCUT2D eigenvalue weighted by molar-refractivity contribution is 5.29. The van der Waals surface area contributed by atoms with Gasteiger partial charge in [0.15, 0.2) is 0 Å². The topological polar surface area (TPSA) is 41.7 Å². The van der Waals surface area contributed by atoms with Gasteiger partial charge in [-0.1, -0.05) is 12.1 Å². The van der Waals surface area contributed by atoms with E-state index in [1.807, 2.05) is 26.0 Å². The summed E-state index contributed by atoms with van der Waals surface area (Å²) in [6, 6.07) is 8.27. The number of rotatable bonds is 5. The second kappa shape index (κ2) is 7.07. The van der Waals surface area contributed by atoms with E-state index in [2.05, 4.69) is 29.0 Å². The number of likely N-dealkylation sites (N-methyl/N-ethyl adjacent to an activating group) is 1. The van der Waals surface area contributed by atoms with Crippen molar-refractivity contribution in [2.75, 3.05) is 39.8 Å². The third-order valence-electron chi connectivity index (χ3n) is 3.73. The molecule has 1 heterocycles. The van der Waals surface area contributed by atoms with Crippen LogP contribution in [-0.4, -0.2) is 55.7 Å². The molecule has 1 atom stereocenters. The molecule has 112 valence electrons.